The molecule has 2 aliphatic rings. The largest absolute Gasteiger partial charge is 0.496 e. The van der Waals surface area contributed by atoms with Crippen LogP contribution in [0.25, 0.3) is 0 Å². The molecule has 2 aliphatic heterocycles. The van der Waals surface area contributed by atoms with Gasteiger partial charge in [-0.1, -0.05) is 6.92 Å². The molecule has 9 nitrogen and oxygen atoms in total. The number of furan rings is 1. The maximum atomic E-state index is 12.9. The van der Waals surface area contributed by atoms with E-state index in [4.69, 9.17) is 9.15 Å². The Balaban J connectivity index is 1.75. The molecule has 3 rings (SSSR count). The minimum atomic E-state index is -0.831. The molecule has 0 saturated heterocycles. The number of urea groups is 1. The van der Waals surface area contributed by atoms with E-state index in [2.05, 4.69) is 10.3 Å². The molecule has 0 radical (unpaired) electrons. The van der Waals surface area contributed by atoms with Crippen molar-refractivity contribution in [3.8, 4) is 0 Å². The van der Waals surface area contributed by atoms with Crippen molar-refractivity contribution in [3.63, 3.8) is 0 Å². The summed E-state index contributed by atoms with van der Waals surface area (Å²) in [6.45, 7) is 2.18. The molecule has 27 heavy (non-hydrogen) atoms. The van der Waals surface area contributed by atoms with Crippen molar-refractivity contribution >= 4 is 29.9 Å². The van der Waals surface area contributed by atoms with Gasteiger partial charge in [0.15, 0.2) is 12.5 Å². The highest BCUT2D eigenvalue weighted by molar-refractivity contribution is 6.16. The lowest BCUT2D eigenvalue weighted by molar-refractivity contribution is -0.408. The van der Waals surface area contributed by atoms with E-state index in [1.165, 1.54) is 24.1 Å². The Kier molecular flexibility index (Phi) is 5.49. The van der Waals surface area contributed by atoms with Gasteiger partial charge < -0.3 is 14.5 Å². The number of nitrogens with zero attached hydrogens (tertiary/aromatic N) is 3. The summed E-state index contributed by atoms with van der Waals surface area (Å²) >= 11 is 0. The zero-order chi connectivity index (χ0) is 19.4. The van der Waals surface area contributed by atoms with Gasteiger partial charge in [0.2, 0.25) is 0 Å². The monoisotopic (exact) mass is 373 g/mol. The van der Waals surface area contributed by atoms with Crippen LogP contribution in [0.3, 0.4) is 0 Å². The predicted octanol–water partition coefficient (Wildman–Crippen LogP) is 0.910. The summed E-state index contributed by atoms with van der Waals surface area (Å²) < 4.78 is 12.1. The minimum Gasteiger partial charge on any atom is -0.496 e. The molecule has 142 valence electrons. The third-order valence-corrected chi connectivity index (χ3v) is 4.18. The van der Waals surface area contributed by atoms with Crippen molar-refractivity contribution in [2.75, 3.05) is 20.2 Å². The zero-order valence-corrected chi connectivity index (χ0v) is 15.2. The first-order valence-corrected chi connectivity index (χ1v) is 8.65. The molecule has 1 N–H and O–H groups in total. The molecular weight excluding hydrogens is 352 g/mol. The van der Waals surface area contributed by atoms with E-state index >= 15 is 0 Å². The predicted molar refractivity (Wildman–Crippen MR) is 95.2 cm³/mol. The number of ether oxygens (including phenoxy) is 1. The number of carbonyl (C=O) groups is 3. The van der Waals surface area contributed by atoms with Gasteiger partial charge in [0.25, 0.3) is 11.7 Å². The average Bonchev–Trinajstić information content (AvgIpc) is 3.19. The van der Waals surface area contributed by atoms with Crippen LogP contribution in [0.4, 0.5) is 4.79 Å². The molecule has 0 bridgehead atoms. The van der Waals surface area contributed by atoms with Gasteiger partial charge in [-0.2, -0.15) is 9.48 Å². The number of amides is 4. The maximum Gasteiger partial charge on any atom is 0.446 e. The van der Waals surface area contributed by atoms with E-state index in [1.54, 1.807) is 18.2 Å². The molecule has 0 aromatic carbocycles. The molecule has 0 fully saturated rings. The SMILES string of the molecule is CCCOC1=CC=NC2=[N+](C)C(=O)N(CC(=O)NCc3ccco3)C(=O)C12. The van der Waals surface area contributed by atoms with Crippen molar-refractivity contribution in [2.24, 2.45) is 10.9 Å². The number of hydrogen-bond acceptors (Lipinski definition) is 6. The normalized spacial score (nSPS) is 19.1. The quantitative estimate of drug-likeness (QED) is 0.716. The minimum absolute atomic E-state index is 0.174. The first-order valence-electron chi connectivity index (χ1n) is 8.65. The van der Waals surface area contributed by atoms with E-state index in [9.17, 15) is 14.4 Å². The van der Waals surface area contributed by atoms with Gasteiger partial charge in [0.1, 0.15) is 17.7 Å². The van der Waals surface area contributed by atoms with Crippen LogP contribution in [0.15, 0.2) is 39.6 Å². The van der Waals surface area contributed by atoms with Crippen LogP contribution in [-0.2, 0) is 20.9 Å². The number of hydrogen-bond donors (Lipinski definition) is 1. The lowest BCUT2D eigenvalue weighted by Crippen LogP contribution is -2.56. The number of nitrogens with one attached hydrogen (secondary N) is 1. The summed E-state index contributed by atoms with van der Waals surface area (Å²) in [7, 11) is 1.52. The molecule has 1 unspecified atom stereocenters. The Morgan fingerprint density at radius 1 is 1.44 bits per heavy atom. The average molecular weight is 373 g/mol. The number of amidine groups is 1. The van der Waals surface area contributed by atoms with Gasteiger partial charge >= 0.3 is 11.9 Å². The van der Waals surface area contributed by atoms with Gasteiger partial charge in [-0.05, 0) is 18.6 Å². The van der Waals surface area contributed by atoms with E-state index < -0.39 is 30.3 Å². The number of allylic oxidation sites excluding steroid dienone is 1. The molecule has 0 spiro atoms. The van der Waals surface area contributed by atoms with Crippen molar-refractivity contribution in [1.29, 1.82) is 0 Å². The van der Waals surface area contributed by atoms with Crippen LogP contribution in [0.2, 0.25) is 0 Å². The smallest absolute Gasteiger partial charge is 0.446 e. The Hall–Kier alpha value is -3.23. The number of rotatable bonds is 7. The maximum absolute atomic E-state index is 12.9. The summed E-state index contributed by atoms with van der Waals surface area (Å²) in [6.07, 6.45) is 5.39. The Bertz CT molecular complexity index is 838. The van der Waals surface area contributed by atoms with Crippen LogP contribution >= 0.6 is 0 Å². The third kappa shape index (κ3) is 3.81. The van der Waals surface area contributed by atoms with Crippen molar-refractivity contribution in [1.82, 2.24) is 10.2 Å². The Labute approximate surface area is 156 Å². The highest BCUT2D eigenvalue weighted by atomic mass is 16.5. The zero-order valence-electron chi connectivity index (χ0n) is 15.2. The van der Waals surface area contributed by atoms with Gasteiger partial charge in [0, 0.05) is 6.08 Å². The first-order chi connectivity index (χ1) is 13.0. The fourth-order valence-corrected chi connectivity index (χ4v) is 2.82. The molecule has 3 heterocycles. The first kappa shape index (κ1) is 18.6. The standard InChI is InChI=1S/C18H20N4O5/c1-3-8-27-13-6-7-19-16-15(13)17(24)22(18(25)21(16)2)11-14(23)20-10-12-5-4-9-26-12/h4-7,9,15H,3,8,10-11H2,1-2H3/p+1. The summed E-state index contributed by atoms with van der Waals surface area (Å²) in [5.41, 5.74) is 0. The summed E-state index contributed by atoms with van der Waals surface area (Å²) in [5, 5.41) is 2.63. The molecule has 1 aromatic rings. The van der Waals surface area contributed by atoms with Crippen molar-refractivity contribution < 1.29 is 28.1 Å². The molecule has 1 atom stereocenters. The topological polar surface area (TPSA) is 104 Å². The number of aliphatic imine (C=N–C) groups is 1. The third-order valence-electron chi connectivity index (χ3n) is 4.18. The molecule has 9 heteroatoms. The van der Waals surface area contributed by atoms with Gasteiger partial charge in [-0.15, -0.1) is 4.99 Å². The number of fused-ring (bicyclic) bond motifs is 1. The molecule has 4 amide bonds. The highest BCUT2D eigenvalue weighted by Crippen LogP contribution is 2.25. The van der Waals surface area contributed by atoms with Crippen molar-refractivity contribution in [2.45, 2.75) is 19.9 Å². The fourth-order valence-electron chi connectivity index (χ4n) is 2.82. The van der Waals surface area contributed by atoms with Gasteiger partial charge in [0.05, 0.1) is 26.5 Å². The van der Waals surface area contributed by atoms with Crippen LogP contribution in [-0.4, -0.2) is 59.6 Å². The van der Waals surface area contributed by atoms with E-state index in [1.807, 2.05) is 6.92 Å². The lowest BCUT2D eigenvalue weighted by atomic mass is 9.99. The van der Waals surface area contributed by atoms with Crippen molar-refractivity contribution in [3.05, 3.63) is 36.0 Å². The second-order valence-electron chi connectivity index (χ2n) is 6.11. The van der Waals surface area contributed by atoms with Gasteiger partial charge in [-0.25, -0.2) is 4.79 Å². The fraction of sp³-hybridized carbons (Fsp3) is 0.389. The Morgan fingerprint density at radius 3 is 2.96 bits per heavy atom. The van der Waals surface area contributed by atoms with Crippen LogP contribution in [0.5, 0.6) is 0 Å². The molecular formula is C18H21N4O5+. The number of carbonyl (C=O) groups excluding carboxylic acids is 3. The number of imide groups is 1. The van der Waals surface area contributed by atoms with E-state index in [0.29, 0.717) is 24.0 Å². The van der Waals surface area contributed by atoms with E-state index in [-0.39, 0.29) is 6.54 Å². The summed E-state index contributed by atoms with van der Waals surface area (Å²) in [5.74, 6) is -0.530. The highest BCUT2D eigenvalue weighted by Gasteiger charge is 2.50. The van der Waals surface area contributed by atoms with Crippen LogP contribution in [0.1, 0.15) is 19.1 Å². The van der Waals surface area contributed by atoms with E-state index in [0.717, 1.165) is 11.3 Å². The molecule has 0 saturated carbocycles. The van der Waals surface area contributed by atoms with Crippen LogP contribution in [0, 0.1) is 5.92 Å². The Morgan fingerprint density at radius 2 is 2.26 bits per heavy atom. The second-order valence-corrected chi connectivity index (χ2v) is 6.11. The molecule has 1 aromatic heterocycles. The van der Waals surface area contributed by atoms with Gasteiger partial charge in [-0.3, -0.25) is 9.59 Å². The summed E-state index contributed by atoms with van der Waals surface area (Å²) in [4.78, 5) is 42.8. The second kappa shape index (κ2) is 7.98. The van der Waals surface area contributed by atoms with Crippen LogP contribution < -0.4 is 5.32 Å². The lowest BCUT2D eigenvalue weighted by Gasteiger charge is -2.28. The number of dihydropyridines is 1. The summed E-state index contributed by atoms with van der Waals surface area (Å²) in [6, 6.07) is 2.82. The molecule has 0 aliphatic carbocycles.